The summed E-state index contributed by atoms with van der Waals surface area (Å²) in [7, 11) is 0. The van der Waals surface area contributed by atoms with Crippen LogP contribution in [-0.4, -0.2) is 19.1 Å². The highest BCUT2D eigenvalue weighted by molar-refractivity contribution is 6.23. The number of nitrogens with zero attached hydrogens (tertiary/aromatic N) is 4. The van der Waals surface area contributed by atoms with Crippen LogP contribution in [0.25, 0.3) is 99.0 Å². The van der Waals surface area contributed by atoms with Crippen molar-refractivity contribution >= 4 is 76.1 Å². The molecule has 11 rings (SSSR count). The van der Waals surface area contributed by atoms with Gasteiger partial charge in [-0.3, -0.25) is 4.57 Å². The summed E-state index contributed by atoms with van der Waals surface area (Å²) in [5.74, 6) is 0.657. The molecule has 0 radical (unpaired) electrons. The van der Waals surface area contributed by atoms with Gasteiger partial charge in [0.25, 0.3) is 0 Å². The molecule has 8 aromatic carbocycles. The van der Waals surface area contributed by atoms with Gasteiger partial charge in [-0.15, -0.1) is 0 Å². The molecular weight excluding hydrogens is 609 g/mol. The van der Waals surface area contributed by atoms with E-state index >= 15 is 0 Å². The minimum Gasteiger partial charge on any atom is -0.309 e. The van der Waals surface area contributed by atoms with Crippen LogP contribution in [0.1, 0.15) is 0 Å². The molecule has 3 aromatic heterocycles. The van der Waals surface area contributed by atoms with Crippen LogP contribution >= 0.6 is 0 Å². The van der Waals surface area contributed by atoms with Crippen LogP contribution in [0.4, 0.5) is 0 Å². The van der Waals surface area contributed by atoms with E-state index in [4.69, 9.17) is 9.97 Å². The quantitative estimate of drug-likeness (QED) is 0.193. The fourth-order valence-corrected chi connectivity index (χ4v) is 8.10. The Hall–Kier alpha value is -6.78. The minimum absolute atomic E-state index is 0.657. The van der Waals surface area contributed by atoms with Gasteiger partial charge >= 0.3 is 0 Å². The summed E-state index contributed by atoms with van der Waals surface area (Å²) in [6, 6.07) is 60.7. The predicted molar refractivity (Wildman–Crippen MR) is 209 cm³/mol. The van der Waals surface area contributed by atoms with Gasteiger partial charge in [-0.2, -0.15) is 0 Å². The molecule has 0 atom stereocenters. The SMILES string of the molecule is c1ccc(-n2c3ccccc3c3cc4c5ccc6ccccc6c5n(-c5nc(-c6cccc7ccccc67)c6ccccc6n5)c4cc32)cc1. The molecule has 0 aliphatic carbocycles. The second kappa shape index (κ2) is 10.4. The third-order valence-corrected chi connectivity index (χ3v) is 10.3. The molecule has 0 fully saturated rings. The van der Waals surface area contributed by atoms with E-state index in [2.05, 4.69) is 179 Å². The maximum atomic E-state index is 5.52. The van der Waals surface area contributed by atoms with Gasteiger partial charge in [0, 0.05) is 43.6 Å². The molecule has 4 nitrogen and oxygen atoms in total. The van der Waals surface area contributed by atoms with E-state index in [0.717, 1.165) is 44.4 Å². The number of hydrogen-bond acceptors (Lipinski definition) is 2. The fraction of sp³-hybridized carbons (Fsp3) is 0. The third kappa shape index (κ3) is 3.81. The molecule has 4 heteroatoms. The summed E-state index contributed by atoms with van der Waals surface area (Å²) in [5.41, 5.74) is 8.58. The fourth-order valence-electron chi connectivity index (χ4n) is 8.10. The molecule has 11 aromatic rings. The molecule has 3 heterocycles. The van der Waals surface area contributed by atoms with E-state index < -0.39 is 0 Å². The number of rotatable bonds is 3. The van der Waals surface area contributed by atoms with Gasteiger partial charge in [0.1, 0.15) is 0 Å². The molecule has 0 unspecified atom stereocenters. The first-order valence-corrected chi connectivity index (χ1v) is 17.0. The maximum absolute atomic E-state index is 5.52. The van der Waals surface area contributed by atoms with E-state index in [1.807, 2.05) is 0 Å². The second-order valence-electron chi connectivity index (χ2n) is 13.0. The molecule has 0 spiro atoms. The van der Waals surface area contributed by atoms with Crippen molar-refractivity contribution in [2.45, 2.75) is 0 Å². The van der Waals surface area contributed by atoms with E-state index in [1.165, 1.54) is 48.6 Å². The van der Waals surface area contributed by atoms with Gasteiger partial charge in [0.15, 0.2) is 0 Å². The summed E-state index contributed by atoms with van der Waals surface area (Å²) in [4.78, 5) is 10.9. The Bertz CT molecular complexity index is 3140. The molecular formula is C46H28N4. The highest BCUT2D eigenvalue weighted by atomic mass is 15.2. The van der Waals surface area contributed by atoms with Gasteiger partial charge in [-0.25, -0.2) is 9.97 Å². The number of benzene rings is 8. The Morgan fingerprint density at radius 1 is 0.360 bits per heavy atom. The number of para-hydroxylation sites is 3. The average Bonchev–Trinajstić information content (AvgIpc) is 3.69. The molecule has 232 valence electrons. The Morgan fingerprint density at radius 2 is 1.00 bits per heavy atom. The van der Waals surface area contributed by atoms with Crippen LogP contribution in [0, 0.1) is 0 Å². The lowest BCUT2D eigenvalue weighted by atomic mass is 9.99. The number of hydrogen-bond donors (Lipinski definition) is 0. The van der Waals surface area contributed by atoms with Crippen molar-refractivity contribution in [1.82, 2.24) is 19.1 Å². The monoisotopic (exact) mass is 636 g/mol. The summed E-state index contributed by atoms with van der Waals surface area (Å²) < 4.78 is 4.69. The molecule has 0 N–H and O–H groups in total. The first-order valence-electron chi connectivity index (χ1n) is 17.0. The van der Waals surface area contributed by atoms with Crippen molar-refractivity contribution in [1.29, 1.82) is 0 Å². The van der Waals surface area contributed by atoms with E-state index in [0.29, 0.717) is 5.95 Å². The maximum Gasteiger partial charge on any atom is 0.235 e. The van der Waals surface area contributed by atoms with Gasteiger partial charge in [-0.05, 0) is 52.6 Å². The van der Waals surface area contributed by atoms with Crippen molar-refractivity contribution in [2.24, 2.45) is 0 Å². The van der Waals surface area contributed by atoms with Gasteiger partial charge in [0.05, 0.1) is 33.3 Å². The van der Waals surface area contributed by atoms with E-state index in [9.17, 15) is 0 Å². The molecule has 0 aliphatic heterocycles. The zero-order valence-electron chi connectivity index (χ0n) is 27.0. The molecule has 0 aliphatic rings. The van der Waals surface area contributed by atoms with Crippen molar-refractivity contribution in [2.75, 3.05) is 0 Å². The highest BCUT2D eigenvalue weighted by Crippen LogP contribution is 2.42. The summed E-state index contributed by atoms with van der Waals surface area (Å²) >= 11 is 0. The van der Waals surface area contributed by atoms with Crippen molar-refractivity contribution in [3.8, 4) is 22.9 Å². The van der Waals surface area contributed by atoms with Crippen LogP contribution in [0.15, 0.2) is 170 Å². The lowest BCUT2D eigenvalue weighted by molar-refractivity contribution is 1.02. The lowest BCUT2D eigenvalue weighted by Gasteiger charge is -2.14. The van der Waals surface area contributed by atoms with Gasteiger partial charge in [0.2, 0.25) is 5.95 Å². The van der Waals surface area contributed by atoms with Crippen molar-refractivity contribution in [3.63, 3.8) is 0 Å². The lowest BCUT2D eigenvalue weighted by Crippen LogP contribution is -2.04. The molecule has 0 saturated carbocycles. The third-order valence-electron chi connectivity index (χ3n) is 10.3. The molecule has 0 saturated heterocycles. The van der Waals surface area contributed by atoms with Crippen molar-refractivity contribution < 1.29 is 0 Å². The second-order valence-corrected chi connectivity index (χ2v) is 13.0. The van der Waals surface area contributed by atoms with Crippen LogP contribution in [0.2, 0.25) is 0 Å². The summed E-state index contributed by atoms with van der Waals surface area (Å²) in [6.07, 6.45) is 0. The predicted octanol–water partition coefficient (Wildman–Crippen LogP) is 11.8. The normalized spacial score (nSPS) is 12.0. The minimum atomic E-state index is 0.657. The van der Waals surface area contributed by atoms with E-state index in [-0.39, 0.29) is 0 Å². The standard InChI is InChI=1S/C46H28N4/c1-2-16-31(17-3-1)49-41-24-11-9-20-34(41)38-27-39-36-26-25-30-14-5-7-19-33(30)45(36)50(43(39)28-42(38)49)46-47-40-23-10-8-21-37(40)44(48-46)35-22-12-15-29-13-4-6-18-32(29)35/h1-28H. The first kappa shape index (κ1) is 27.2. The van der Waals surface area contributed by atoms with Crippen molar-refractivity contribution in [3.05, 3.63) is 170 Å². The van der Waals surface area contributed by atoms with Crippen LogP contribution in [0.5, 0.6) is 0 Å². The Balaban J connectivity index is 1.33. The smallest absolute Gasteiger partial charge is 0.235 e. The Kier molecular flexibility index (Phi) is 5.63. The number of aromatic nitrogens is 4. The highest BCUT2D eigenvalue weighted by Gasteiger charge is 2.22. The zero-order chi connectivity index (χ0) is 32.8. The summed E-state index contributed by atoms with van der Waals surface area (Å²) in [5, 5.41) is 10.6. The van der Waals surface area contributed by atoms with Gasteiger partial charge in [-0.1, -0.05) is 133 Å². The Labute approximate surface area is 287 Å². The molecule has 50 heavy (non-hydrogen) atoms. The Morgan fingerprint density at radius 3 is 1.86 bits per heavy atom. The topological polar surface area (TPSA) is 35.6 Å². The zero-order valence-corrected chi connectivity index (χ0v) is 27.0. The first-order chi connectivity index (χ1) is 24.8. The average molecular weight is 637 g/mol. The molecule has 0 amide bonds. The van der Waals surface area contributed by atoms with Crippen LogP contribution < -0.4 is 0 Å². The summed E-state index contributed by atoms with van der Waals surface area (Å²) in [6.45, 7) is 0. The van der Waals surface area contributed by atoms with Gasteiger partial charge < -0.3 is 4.57 Å². The van der Waals surface area contributed by atoms with Crippen LogP contribution in [-0.2, 0) is 0 Å². The van der Waals surface area contributed by atoms with Crippen LogP contribution in [0.3, 0.4) is 0 Å². The number of fused-ring (bicyclic) bond motifs is 10. The molecule has 0 bridgehead atoms. The van der Waals surface area contributed by atoms with E-state index in [1.54, 1.807) is 0 Å². The largest absolute Gasteiger partial charge is 0.309 e.